The van der Waals surface area contributed by atoms with E-state index < -0.39 is 49.5 Å². The lowest BCUT2D eigenvalue weighted by molar-refractivity contribution is -0.302. The second-order valence-corrected chi connectivity index (χ2v) is 29.5. The summed E-state index contributed by atoms with van der Waals surface area (Å²) in [6.07, 6.45) is 85.4. The summed E-state index contributed by atoms with van der Waals surface area (Å²) < 4.78 is 16.8. The van der Waals surface area contributed by atoms with Crippen LogP contribution in [0.5, 0.6) is 0 Å². The number of aliphatic hydroxyl groups excluding tert-OH is 5. The number of hydrogen-bond acceptors (Lipinski definition) is 10. The molecule has 0 aliphatic carbocycles. The molecule has 0 radical (unpaired) electrons. The van der Waals surface area contributed by atoms with Crippen molar-refractivity contribution in [3.8, 4) is 0 Å². The average Bonchev–Trinajstić information content (AvgIpc) is 0.836. The highest BCUT2D eigenvalue weighted by atomic mass is 16.7. The minimum Gasteiger partial charge on any atom is -0.466 e. The molecule has 0 spiro atoms. The third-order valence-electron chi connectivity index (χ3n) is 20.3. The van der Waals surface area contributed by atoms with Crippen molar-refractivity contribution < 1.29 is 49.3 Å². The van der Waals surface area contributed by atoms with Crippen molar-refractivity contribution in [3.05, 3.63) is 24.3 Å². The minimum atomic E-state index is -1.57. The van der Waals surface area contributed by atoms with Crippen molar-refractivity contribution in [2.45, 2.75) is 480 Å². The SMILES string of the molecule is CCCCCCCCC/C=C\CCCCCCCCCC(=O)OCCCCCCCCCCCCCCCCCCCCCCCCCCCCCCCCCCCCCCCCCC(=O)NC(COC1OC(CO)C(O)C(O)C1O)C(O)/C=C/CCCCCCCCCC. The fourth-order valence-corrected chi connectivity index (χ4v) is 13.7. The van der Waals surface area contributed by atoms with Crippen LogP contribution in [0.15, 0.2) is 24.3 Å². The number of ether oxygens (including phenoxy) is 3. The van der Waals surface area contributed by atoms with Gasteiger partial charge < -0.3 is 45.1 Å². The lowest BCUT2D eigenvalue weighted by Crippen LogP contribution is -2.60. The Bertz CT molecular complexity index is 1630. The Morgan fingerprint density at radius 2 is 0.674 bits per heavy atom. The van der Waals surface area contributed by atoms with E-state index in [4.69, 9.17) is 14.2 Å². The van der Waals surface area contributed by atoms with Crippen LogP contribution >= 0.6 is 0 Å². The van der Waals surface area contributed by atoms with Crippen LogP contribution in [-0.2, 0) is 23.8 Å². The van der Waals surface area contributed by atoms with Crippen molar-refractivity contribution in [2.75, 3.05) is 19.8 Å². The van der Waals surface area contributed by atoms with Crippen LogP contribution in [0, 0.1) is 0 Å². The van der Waals surface area contributed by atoms with Gasteiger partial charge in [-0.05, 0) is 57.8 Å². The fraction of sp³-hybridized carbons (Fsp3) is 0.929. The summed E-state index contributed by atoms with van der Waals surface area (Å²) in [4.78, 5) is 25.2. The Morgan fingerprint density at radius 3 is 1.01 bits per heavy atom. The predicted octanol–water partition coefficient (Wildman–Crippen LogP) is 23.1. The van der Waals surface area contributed by atoms with E-state index >= 15 is 0 Å². The smallest absolute Gasteiger partial charge is 0.305 e. The molecule has 1 aliphatic rings. The van der Waals surface area contributed by atoms with Crippen LogP contribution in [0.2, 0.25) is 0 Å². The molecule has 7 unspecified atom stereocenters. The second-order valence-electron chi connectivity index (χ2n) is 29.5. The summed E-state index contributed by atoms with van der Waals surface area (Å²) in [5, 5.41) is 54.4. The molecule has 1 aliphatic heterocycles. The van der Waals surface area contributed by atoms with Gasteiger partial charge in [-0.2, -0.15) is 0 Å². The number of carbonyl (C=O) groups excluding carboxylic acids is 2. The molecule has 1 amide bonds. The molecule has 6 N–H and O–H groups in total. The number of unbranched alkanes of at least 4 members (excludes halogenated alkanes) is 60. The zero-order chi connectivity index (χ0) is 68.6. The monoisotopic (exact) mass is 1340 g/mol. The highest BCUT2D eigenvalue weighted by molar-refractivity contribution is 5.76. The first-order chi connectivity index (χ1) is 46.7. The van der Waals surface area contributed by atoms with Gasteiger partial charge in [-0.1, -0.05) is 391 Å². The Hall–Kier alpha value is -1.86. The number of esters is 1. The molecule has 0 aromatic carbocycles. The lowest BCUT2D eigenvalue weighted by atomic mass is 9.99. The molecule has 1 heterocycles. The molecule has 0 aromatic rings. The van der Waals surface area contributed by atoms with Gasteiger partial charge in [0.25, 0.3) is 0 Å². The van der Waals surface area contributed by atoms with E-state index in [0.717, 1.165) is 57.8 Å². The van der Waals surface area contributed by atoms with Gasteiger partial charge in [0.1, 0.15) is 24.4 Å². The van der Waals surface area contributed by atoms with Crippen LogP contribution < -0.4 is 5.32 Å². The molecule has 562 valence electrons. The number of aliphatic hydroxyl groups is 5. The van der Waals surface area contributed by atoms with Crippen molar-refractivity contribution >= 4 is 11.9 Å². The average molecular weight is 1350 g/mol. The number of allylic oxidation sites excluding steroid dienone is 3. The van der Waals surface area contributed by atoms with Crippen LogP contribution in [0.3, 0.4) is 0 Å². The van der Waals surface area contributed by atoms with Gasteiger partial charge in [-0.15, -0.1) is 0 Å². The third kappa shape index (κ3) is 61.7. The third-order valence-corrected chi connectivity index (χ3v) is 20.3. The van der Waals surface area contributed by atoms with Crippen molar-refractivity contribution in [3.63, 3.8) is 0 Å². The standard InChI is InChI=1S/C84H161NO10/c1-3-5-7-9-11-13-15-16-17-18-43-46-49-52-56-60-64-68-72-80(89)93-73-69-65-61-57-53-50-47-44-41-39-37-35-33-31-29-27-25-23-21-19-20-22-24-26-28-30-32-34-36-38-40-42-45-48-51-55-59-63-67-71-79(88)85-76(75-94-84-83(92)82(91)81(90)78(74-86)95-84)77(87)70-66-62-58-54-14-12-10-8-6-4-2/h17-18,66,70,76-78,81-84,86-87,90-92H,3-16,19-65,67-69,71-75H2,1-2H3,(H,85,88)/b18-17-,70-66+. The maximum absolute atomic E-state index is 13.1. The molecular formula is C84H161NO10. The summed E-state index contributed by atoms with van der Waals surface area (Å²) in [6.45, 7) is 4.38. The highest BCUT2D eigenvalue weighted by Gasteiger charge is 2.44. The summed E-state index contributed by atoms with van der Waals surface area (Å²) in [5.74, 6) is -0.158. The molecule has 0 aromatic heterocycles. The molecule has 11 heteroatoms. The van der Waals surface area contributed by atoms with Gasteiger partial charge in [0.05, 0.1) is 32.0 Å². The van der Waals surface area contributed by atoms with Crippen molar-refractivity contribution in [2.24, 2.45) is 0 Å². The van der Waals surface area contributed by atoms with Crippen molar-refractivity contribution in [1.82, 2.24) is 5.32 Å². The number of hydrogen-bond donors (Lipinski definition) is 6. The summed E-state index contributed by atoms with van der Waals surface area (Å²) >= 11 is 0. The fourth-order valence-electron chi connectivity index (χ4n) is 13.7. The van der Waals surface area contributed by atoms with Gasteiger partial charge in [0.2, 0.25) is 5.91 Å². The lowest BCUT2D eigenvalue weighted by Gasteiger charge is -2.40. The minimum absolute atomic E-state index is 0.0164. The molecule has 0 bridgehead atoms. The van der Waals surface area contributed by atoms with Gasteiger partial charge in [0.15, 0.2) is 6.29 Å². The first kappa shape index (κ1) is 91.2. The van der Waals surface area contributed by atoms with E-state index in [1.165, 1.54) is 353 Å². The maximum atomic E-state index is 13.1. The van der Waals surface area contributed by atoms with Gasteiger partial charge >= 0.3 is 5.97 Å². The topological polar surface area (TPSA) is 175 Å². The van der Waals surface area contributed by atoms with Gasteiger partial charge in [0, 0.05) is 12.8 Å². The van der Waals surface area contributed by atoms with E-state index in [0.29, 0.717) is 19.4 Å². The molecule has 1 saturated heterocycles. The Morgan fingerprint density at radius 1 is 0.379 bits per heavy atom. The highest BCUT2D eigenvalue weighted by Crippen LogP contribution is 2.24. The van der Waals surface area contributed by atoms with Crippen LogP contribution in [0.4, 0.5) is 0 Å². The Kier molecular flexibility index (Phi) is 70.4. The van der Waals surface area contributed by atoms with E-state index in [1.807, 2.05) is 6.08 Å². The molecule has 7 atom stereocenters. The molecule has 1 fully saturated rings. The molecule has 1 rings (SSSR count). The first-order valence-corrected chi connectivity index (χ1v) is 42.1. The number of rotatable bonds is 76. The molecule has 0 saturated carbocycles. The summed E-state index contributed by atoms with van der Waals surface area (Å²) in [5.41, 5.74) is 0. The number of nitrogens with one attached hydrogen (secondary N) is 1. The number of carbonyl (C=O) groups is 2. The summed E-state index contributed by atoms with van der Waals surface area (Å²) in [7, 11) is 0. The maximum Gasteiger partial charge on any atom is 0.305 e. The Labute approximate surface area is 588 Å². The largest absolute Gasteiger partial charge is 0.466 e. The predicted molar refractivity (Wildman–Crippen MR) is 403 cm³/mol. The van der Waals surface area contributed by atoms with E-state index in [9.17, 15) is 35.1 Å². The first-order valence-electron chi connectivity index (χ1n) is 42.1. The van der Waals surface area contributed by atoms with E-state index in [-0.39, 0.29) is 18.5 Å². The van der Waals surface area contributed by atoms with Crippen LogP contribution in [0.1, 0.15) is 438 Å². The van der Waals surface area contributed by atoms with Crippen molar-refractivity contribution in [1.29, 1.82) is 0 Å². The number of amides is 1. The van der Waals surface area contributed by atoms with Gasteiger partial charge in [-0.3, -0.25) is 9.59 Å². The molecular weight excluding hydrogens is 1180 g/mol. The zero-order valence-electron chi connectivity index (χ0n) is 62.9. The quantitative estimate of drug-likeness (QED) is 0.0195. The van der Waals surface area contributed by atoms with Crippen LogP contribution in [0.25, 0.3) is 0 Å². The normalized spacial score (nSPS) is 17.4. The second kappa shape index (κ2) is 73.4. The Balaban J connectivity index is 1.82. The van der Waals surface area contributed by atoms with E-state index in [2.05, 4.69) is 31.3 Å². The van der Waals surface area contributed by atoms with E-state index in [1.54, 1.807) is 6.08 Å². The zero-order valence-corrected chi connectivity index (χ0v) is 62.9. The summed E-state index contributed by atoms with van der Waals surface area (Å²) in [6, 6.07) is -0.804. The molecule has 95 heavy (non-hydrogen) atoms. The van der Waals surface area contributed by atoms with Gasteiger partial charge in [-0.25, -0.2) is 0 Å². The molecule has 11 nitrogen and oxygen atoms in total. The van der Waals surface area contributed by atoms with Crippen LogP contribution in [-0.4, -0.2) is 100 Å².